The van der Waals surface area contributed by atoms with E-state index >= 15 is 0 Å². The van der Waals surface area contributed by atoms with Gasteiger partial charge in [0.05, 0.1) is 23.3 Å². The van der Waals surface area contributed by atoms with E-state index in [0.717, 1.165) is 16.6 Å². The first-order valence-corrected chi connectivity index (χ1v) is 5.90. The van der Waals surface area contributed by atoms with Gasteiger partial charge in [-0.25, -0.2) is 4.98 Å². The van der Waals surface area contributed by atoms with E-state index in [1.807, 2.05) is 42.2 Å². The van der Waals surface area contributed by atoms with Crippen molar-refractivity contribution in [2.24, 2.45) is 7.05 Å². The minimum Gasteiger partial charge on any atom is -0.369 e. The highest BCUT2D eigenvalue weighted by Crippen LogP contribution is 2.25. The maximum Gasteiger partial charge on any atom is 0.201 e. The van der Waals surface area contributed by atoms with Crippen LogP contribution in [0.15, 0.2) is 30.6 Å². The molecule has 0 spiro atoms. The molecule has 3 rings (SSSR count). The van der Waals surface area contributed by atoms with Crippen LogP contribution in [0.25, 0.3) is 11.0 Å². The lowest BCUT2D eigenvalue weighted by Crippen LogP contribution is -2.03. The molecule has 0 amide bonds. The third-order valence-electron chi connectivity index (χ3n) is 2.86. The van der Waals surface area contributed by atoms with Crippen molar-refractivity contribution in [3.05, 3.63) is 41.2 Å². The number of hydrogen-bond donors (Lipinski definition) is 1. The zero-order chi connectivity index (χ0) is 12.7. The lowest BCUT2D eigenvalue weighted by molar-refractivity contribution is 0.765. The largest absolute Gasteiger partial charge is 0.369 e. The summed E-state index contributed by atoms with van der Waals surface area (Å²) in [5, 5.41) is 4.76. The van der Waals surface area contributed by atoms with Gasteiger partial charge in [-0.15, -0.1) is 0 Å². The fourth-order valence-corrected chi connectivity index (χ4v) is 2.24. The molecule has 1 aromatic carbocycles. The summed E-state index contributed by atoms with van der Waals surface area (Å²) in [6.07, 6.45) is 3.77. The van der Waals surface area contributed by atoms with E-state index in [1.165, 1.54) is 0 Å². The molecule has 3 aromatic rings. The number of imidazole rings is 1. The highest BCUT2D eigenvalue weighted by molar-refractivity contribution is 6.35. The molecule has 0 fully saturated rings. The first-order chi connectivity index (χ1) is 8.65. The normalized spacial score (nSPS) is 11.2. The fraction of sp³-hybridized carbons (Fsp3) is 0.167. The number of nitrogens with two attached hydrogens (primary N) is 1. The molecule has 0 aliphatic rings. The average molecular weight is 262 g/mol. The number of fused-ring (bicyclic) bond motifs is 1. The molecular formula is C12H12ClN5. The smallest absolute Gasteiger partial charge is 0.201 e. The monoisotopic (exact) mass is 261 g/mol. The summed E-state index contributed by atoms with van der Waals surface area (Å²) in [5.74, 6) is 0.460. The number of para-hydroxylation sites is 1. The molecule has 0 bridgehead atoms. The zero-order valence-electron chi connectivity index (χ0n) is 9.84. The van der Waals surface area contributed by atoms with Crippen molar-refractivity contribution in [3.8, 4) is 0 Å². The van der Waals surface area contributed by atoms with Crippen LogP contribution >= 0.6 is 11.6 Å². The Labute approximate surface area is 109 Å². The highest BCUT2D eigenvalue weighted by atomic mass is 35.5. The van der Waals surface area contributed by atoms with E-state index in [2.05, 4.69) is 10.1 Å². The molecule has 0 aliphatic heterocycles. The van der Waals surface area contributed by atoms with Crippen LogP contribution in [0.1, 0.15) is 5.56 Å². The van der Waals surface area contributed by atoms with Gasteiger partial charge in [0, 0.05) is 18.8 Å². The molecule has 0 unspecified atom stereocenters. The van der Waals surface area contributed by atoms with E-state index < -0.39 is 0 Å². The second-order valence-corrected chi connectivity index (χ2v) is 4.59. The van der Waals surface area contributed by atoms with Crippen LogP contribution in [-0.4, -0.2) is 19.3 Å². The summed E-state index contributed by atoms with van der Waals surface area (Å²) >= 11 is 6.10. The predicted octanol–water partition coefficient (Wildman–Crippen LogP) is 2.05. The number of anilines is 1. The van der Waals surface area contributed by atoms with Crippen molar-refractivity contribution >= 4 is 28.6 Å². The van der Waals surface area contributed by atoms with Gasteiger partial charge < -0.3 is 10.3 Å². The van der Waals surface area contributed by atoms with Crippen molar-refractivity contribution in [2.45, 2.75) is 6.54 Å². The molecule has 92 valence electrons. The fourth-order valence-electron chi connectivity index (χ4n) is 2.03. The minimum atomic E-state index is 0.460. The summed E-state index contributed by atoms with van der Waals surface area (Å²) in [4.78, 5) is 4.30. The lowest BCUT2D eigenvalue weighted by atomic mass is 10.3. The molecule has 0 atom stereocenters. The molecule has 5 nitrogen and oxygen atoms in total. The Bertz CT molecular complexity index is 712. The van der Waals surface area contributed by atoms with E-state index in [4.69, 9.17) is 17.3 Å². The van der Waals surface area contributed by atoms with Gasteiger partial charge in [0.15, 0.2) is 0 Å². The van der Waals surface area contributed by atoms with Gasteiger partial charge in [0.2, 0.25) is 5.95 Å². The molecule has 18 heavy (non-hydrogen) atoms. The molecule has 2 N–H and O–H groups in total. The molecule has 2 heterocycles. The van der Waals surface area contributed by atoms with Crippen LogP contribution in [0, 0.1) is 0 Å². The Kier molecular flexibility index (Phi) is 2.48. The summed E-state index contributed by atoms with van der Waals surface area (Å²) < 4.78 is 3.69. The second kappa shape index (κ2) is 4.03. The Hall–Kier alpha value is -2.01. The number of halogens is 1. The van der Waals surface area contributed by atoms with Crippen LogP contribution in [-0.2, 0) is 13.6 Å². The molecule has 2 aromatic heterocycles. The maximum absolute atomic E-state index is 6.10. The first kappa shape index (κ1) is 11.1. The zero-order valence-corrected chi connectivity index (χ0v) is 10.6. The van der Waals surface area contributed by atoms with E-state index in [-0.39, 0.29) is 0 Å². The number of nitrogens with zero attached hydrogens (tertiary/aromatic N) is 4. The topological polar surface area (TPSA) is 61.7 Å². The Balaban J connectivity index is 2.11. The van der Waals surface area contributed by atoms with Crippen LogP contribution in [0.5, 0.6) is 0 Å². The van der Waals surface area contributed by atoms with Gasteiger partial charge in [-0.3, -0.25) is 4.68 Å². The summed E-state index contributed by atoms with van der Waals surface area (Å²) in [6.45, 7) is 0.635. The van der Waals surface area contributed by atoms with Crippen LogP contribution < -0.4 is 5.73 Å². The van der Waals surface area contributed by atoms with Gasteiger partial charge in [-0.2, -0.15) is 5.10 Å². The van der Waals surface area contributed by atoms with E-state index in [1.54, 1.807) is 4.68 Å². The molecular weight excluding hydrogens is 250 g/mol. The SMILES string of the molecule is Cn1cc(Cn2c(N)nc3c(Cl)cccc32)cn1. The molecule has 0 radical (unpaired) electrons. The predicted molar refractivity (Wildman–Crippen MR) is 71.5 cm³/mol. The van der Waals surface area contributed by atoms with Gasteiger partial charge in [-0.1, -0.05) is 17.7 Å². The minimum absolute atomic E-state index is 0.460. The number of hydrogen-bond acceptors (Lipinski definition) is 3. The molecule has 0 saturated heterocycles. The Morgan fingerprint density at radius 1 is 1.39 bits per heavy atom. The number of aromatic nitrogens is 4. The standard InChI is InChI=1S/C12H12ClN5/c1-17-6-8(5-15-17)7-18-10-4-2-3-9(13)11(10)16-12(18)14/h2-6H,7H2,1H3,(H2,14,16). The van der Waals surface area contributed by atoms with Gasteiger partial charge in [-0.05, 0) is 12.1 Å². The summed E-state index contributed by atoms with van der Waals surface area (Å²) in [6, 6.07) is 5.66. The van der Waals surface area contributed by atoms with Gasteiger partial charge in [0.25, 0.3) is 0 Å². The van der Waals surface area contributed by atoms with Crippen molar-refractivity contribution in [1.29, 1.82) is 0 Å². The van der Waals surface area contributed by atoms with Crippen LogP contribution in [0.3, 0.4) is 0 Å². The first-order valence-electron chi connectivity index (χ1n) is 5.53. The van der Waals surface area contributed by atoms with Crippen molar-refractivity contribution in [3.63, 3.8) is 0 Å². The van der Waals surface area contributed by atoms with Crippen LogP contribution in [0.4, 0.5) is 5.95 Å². The number of aryl methyl sites for hydroxylation is 1. The van der Waals surface area contributed by atoms with Crippen molar-refractivity contribution in [1.82, 2.24) is 19.3 Å². The molecule has 0 aliphatic carbocycles. The maximum atomic E-state index is 6.10. The lowest BCUT2D eigenvalue weighted by Gasteiger charge is -2.04. The van der Waals surface area contributed by atoms with E-state index in [0.29, 0.717) is 17.5 Å². The van der Waals surface area contributed by atoms with Gasteiger partial charge in [0.1, 0.15) is 5.52 Å². The third-order valence-corrected chi connectivity index (χ3v) is 3.16. The molecule has 0 saturated carbocycles. The summed E-state index contributed by atoms with van der Waals surface area (Å²) in [7, 11) is 1.88. The van der Waals surface area contributed by atoms with Crippen molar-refractivity contribution < 1.29 is 0 Å². The van der Waals surface area contributed by atoms with Crippen LogP contribution in [0.2, 0.25) is 5.02 Å². The number of nitrogen functional groups attached to an aromatic ring is 1. The highest BCUT2D eigenvalue weighted by Gasteiger charge is 2.11. The Morgan fingerprint density at radius 3 is 2.94 bits per heavy atom. The quantitative estimate of drug-likeness (QED) is 0.768. The molecule has 6 heteroatoms. The number of rotatable bonds is 2. The third kappa shape index (κ3) is 1.73. The van der Waals surface area contributed by atoms with Crippen molar-refractivity contribution in [2.75, 3.05) is 5.73 Å². The Morgan fingerprint density at radius 2 is 2.22 bits per heavy atom. The number of benzene rings is 1. The summed E-state index contributed by atoms with van der Waals surface area (Å²) in [5.41, 5.74) is 8.69. The second-order valence-electron chi connectivity index (χ2n) is 4.19. The van der Waals surface area contributed by atoms with Gasteiger partial charge >= 0.3 is 0 Å². The average Bonchev–Trinajstić information content (AvgIpc) is 2.87. The van der Waals surface area contributed by atoms with E-state index in [9.17, 15) is 0 Å².